The van der Waals surface area contributed by atoms with Gasteiger partial charge in [-0.1, -0.05) is 12.1 Å². The summed E-state index contributed by atoms with van der Waals surface area (Å²) in [6.45, 7) is 0. The van der Waals surface area contributed by atoms with Gasteiger partial charge in [-0.05, 0) is 12.1 Å². The highest BCUT2D eigenvalue weighted by Gasteiger charge is 2.21. The van der Waals surface area contributed by atoms with E-state index in [2.05, 4.69) is 0 Å². The van der Waals surface area contributed by atoms with Crippen LogP contribution >= 0.6 is 0 Å². The topological polar surface area (TPSA) is 87.4 Å². The van der Waals surface area contributed by atoms with E-state index in [1.807, 2.05) is 0 Å². The van der Waals surface area contributed by atoms with Gasteiger partial charge in [0, 0.05) is 31.8 Å². The Morgan fingerprint density at radius 1 is 0.966 bits per heavy atom. The fraction of sp³-hybridized carbons (Fsp3) is 0.238. The first-order valence-electron chi connectivity index (χ1n) is 8.66. The van der Waals surface area contributed by atoms with Gasteiger partial charge in [0.05, 0.1) is 21.3 Å². The van der Waals surface area contributed by atoms with E-state index in [1.54, 1.807) is 44.4 Å². The van der Waals surface area contributed by atoms with Crippen molar-refractivity contribution in [2.75, 3.05) is 35.4 Å². The number of fused-ring (bicyclic) bond motifs is 1. The molecule has 0 N–H and O–H groups in total. The van der Waals surface area contributed by atoms with Gasteiger partial charge in [-0.3, -0.25) is 4.79 Å². The van der Waals surface area contributed by atoms with Crippen molar-refractivity contribution in [2.24, 2.45) is 0 Å². The van der Waals surface area contributed by atoms with E-state index in [0.717, 1.165) is 0 Å². The Balaban J connectivity index is 2.15. The number of carbonyl (C=O) groups excluding carboxylic acids is 1. The molecular weight excluding hydrogens is 378 g/mol. The highest BCUT2D eigenvalue weighted by molar-refractivity contribution is 5.90. The van der Waals surface area contributed by atoms with Crippen molar-refractivity contribution >= 4 is 17.1 Å². The van der Waals surface area contributed by atoms with Crippen LogP contribution in [0.4, 0.5) is 4.79 Å². The third-order valence-corrected chi connectivity index (χ3v) is 4.21. The van der Waals surface area contributed by atoms with Gasteiger partial charge in [0.2, 0.25) is 5.75 Å². The Labute approximate surface area is 167 Å². The monoisotopic (exact) mass is 399 g/mol. The third kappa shape index (κ3) is 3.82. The van der Waals surface area contributed by atoms with Crippen LogP contribution in [0.25, 0.3) is 22.3 Å². The number of methoxy groups -OCH3 is 3. The molecule has 0 aliphatic rings. The van der Waals surface area contributed by atoms with Crippen LogP contribution in [-0.4, -0.2) is 46.4 Å². The molecule has 8 heteroatoms. The summed E-state index contributed by atoms with van der Waals surface area (Å²) in [5.41, 5.74) is 0.536. The second-order valence-electron chi connectivity index (χ2n) is 6.28. The van der Waals surface area contributed by atoms with Gasteiger partial charge >= 0.3 is 6.09 Å². The average Bonchev–Trinajstić information content (AvgIpc) is 2.72. The van der Waals surface area contributed by atoms with E-state index >= 15 is 0 Å². The number of hydrogen-bond donors (Lipinski definition) is 0. The lowest BCUT2D eigenvalue weighted by atomic mass is 10.1. The maximum Gasteiger partial charge on any atom is 0.414 e. The first-order valence-corrected chi connectivity index (χ1v) is 8.66. The Bertz CT molecular complexity index is 1120. The van der Waals surface area contributed by atoms with Crippen LogP contribution in [0.15, 0.2) is 45.6 Å². The van der Waals surface area contributed by atoms with Crippen LogP contribution in [0, 0.1) is 0 Å². The van der Waals surface area contributed by atoms with Crippen molar-refractivity contribution in [3.05, 3.63) is 46.6 Å². The van der Waals surface area contributed by atoms with Crippen molar-refractivity contribution in [3.8, 4) is 34.3 Å². The second-order valence-corrected chi connectivity index (χ2v) is 6.28. The predicted molar refractivity (Wildman–Crippen MR) is 107 cm³/mol. The lowest BCUT2D eigenvalue weighted by Gasteiger charge is -2.14. The zero-order valence-corrected chi connectivity index (χ0v) is 16.8. The van der Waals surface area contributed by atoms with Crippen molar-refractivity contribution in [1.29, 1.82) is 0 Å². The van der Waals surface area contributed by atoms with E-state index in [1.165, 1.54) is 32.3 Å². The van der Waals surface area contributed by atoms with Crippen molar-refractivity contribution in [1.82, 2.24) is 4.90 Å². The van der Waals surface area contributed by atoms with Crippen molar-refractivity contribution < 1.29 is 28.2 Å². The zero-order valence-electron chi connectivity index (χ0n) is 16.8. The summed E-state index contributed by atoms with van der Waals surface area (Å²) in [5.74, 6) is 1.54. The Kier molecular flexibility index (Phi) is 5.63. The number of ether oxygens (including phenoxy) is 4. The normalized spacial score (nSPS) is 10.5. The summed E-state index contributed by atoms with van der Waals surface area (Å²) in [6, 6.07) is 9.62. The quantitative estimate of drug-likeness (QED) is 0.648. The number of rotatable bonds is 5. The molecule has 29 heavy (non-hydrogen) atoms. The molecule has 3 aromatic rings. The molecule has 8 nitrogen and oxygen atoms in total. The summed E-state index contributed by atoms with van der Waals surface area (Å²) in [5, 5.41) is 0.240. The molecule has 1 amide bonds. The summed E-state index contributed by atoms with van der Waals surface area (Å²) in [7, 11) is 7.55. The van der Waals surface area contributed by atoms with E-state index in [4.69, 9.17) is 23.4 Å². The number of nitrogens with zero attached hydrogens (tertiary/aromatic N) is 1. The van der Waals surface area contributed by atoms with Gasteiger partial charge in [0.25, 0.3) is 0 Å². The molecule has 0 saturated heterocycles. The molecule has 0 unspecified atom stereocenters. The predicted octanol–water partition coefficient (Wildman–Crippen LogP) is 3.55. The number of hydrogen-bond acceptors (Lipinski definition) is 7. The molecule has 152 valence electrons. The van der Waals surface area contributed by atoms with E-state index < -0.39 is 6.09 Å². The molecule has 0 saturated carbocycles. The standard InChI is InChI=1S/C21H21NO7/c1-22(2)21(24)28-13-8-6-7-12(9-13)15-10-14(23)18-16(29-15)11-17(25-3)19(26-4)20(18)27-5/h6-11H,1-5H3. The van der Waals surface area contributed by atoms with Crippen LogP contribution < -0.4 is 24.4 Å². The van der Waals surface area contributed by atoms with Crippen LogP contribution in [0.1, 0.15) is 0 Å². The van der Waals surface area contributed by atoms with Crippen LogP contribution in [0.3, 0.4) is 0 Å². The smallest absolute Gasteiger partial charge is 0.414 e. The summed E-state index contributed by atoms with van der Waals surface area (Å²) >= 11 is 0. The summed E-state index contributed by atoms with van der Waals surface area (Å²) < 4.78 is 27.3. The highest BCUT2D eigenvalue weighted by Crippen LogP contribution is 2.42. The molecule has 0 aliphatic carbocycles. The van der Waals surface area contributed by atoms with Crippen molar-refractivity contribution in [2.45, 2.75) is 0 Å². The fourth-order valence-corrected chi connectivity index (χ4v) is 2.83. The third-order valence-electron chi connectivity index (χ3n) is 4.21. The van der Waals surface area contributed by atoms with E-state index in [9.17, 15) is 9.59 Å². The van der Waals surface area contributed by atoms with Gasteiger partial charge < -0.3 is 28.3 Å². The van der Waals surface area contributed by atoms with Crippen LogP contribution in [0.5, 0.6) is 23.0 Å². The first kappa shape index (κ1) is 20.1. The molecule has 0 aliphatic heterocycles. The molecule has 0 bridgehead atoms. The maximum atomic E-state index is 12.8. The molecule has 0 fully saturated rings. The molecule has 0 atom stereocenters. The summed E-state index contributed by atoms with van der Waals surface area (Å²) in [4.78, 5) is 25.9. The molecule has 3 rings (SSSR count). The Morgan fingerprint density at radius 2 is 1.69 bits per heavy atom. The molecule has 2 aromatic carbocycles. The molecule has 1 heterocycles. The molecule has 1 aromatic heterocycles. The Hall–Kier alpha value is -3.68. The fourth-order valence-electron chi connectivity index (χ4n) is 2.83. The molecule has 0 radical (unpaired) electrons. The molecule has 0 spiro atoms. The van der Waals surface area contributed by atoms with Gasteiger partial charge in [-0.2, -0.15) is 0 Å². The Morgan fingerprint density at radius 3 is 2.31 bits per heavy atom. The zero-order chi connectivity index (χ0) is 21.1. The van der Waals surface area contributed by atoms with Crippen LogP contribution in [0.2, 0.25) is 0 Å². The minimum absolute atomic E-state index is 0.232. The van der Waals surface area contributed by atoms with Crippen molar-refractivity contribution in [3.63, 3.8) is 0 Å². The molecular formula is C21H21NO7. The lowest BCUT2D eigenvalue weighted by Crippen LogP contribution is -2.25. The van der Waals surface area contributed by atoms with Gasteiger partial charge in [0.15, 0.2) is 16.9 Å². The lowest BCUT2D eigenvalue weighted by molar-refractivity contribution is 0.172. The van der Waals surface area contributed by atoms with Gasteiger partial charge in [0.1, 0.15) is 22.5 Å². The average molecular weight is 399 g/mol. The number of benzene rings is 2. The highest BCUT2D eigenvalue weighted by atomic mass is 16.6. The maximum absolute atomic E-state index is 12.8. The van der Waals surface area contributed by atoms with Crippen LogP contribution in [-0.2, 0) is 0 Å². The second kappa shape index (κ2) is 8.14. The SMILES string of the molecule is COc1cc2oc(-c3cccc(OC(=O)N(C)C)c3)cc(=O)c2c(OC)c1OC. The van der Waals surface area contributed by atoms with Gasteiger partial charge in [-0.25, -0.2) is 4.79 Å². The summed E-state index contributed by atoms with van der Waals surface area (Å²) in [6.07, 6.45) is -0.510. The van der Waals surface area contributed by atoms with Gasteiger partial charge in [-0.15, -0.1) is 0 Å². The number of carbonyl (C=O) groups is 1. The first-order chi connectivity index (χ1) is 13.9. The van der Waals surface area contributed by atoms with E-state index in [0.29, 0.717) is 28.6 Å². The van der Waals surface area contributed by atoms with E-state index in [-0.39, 0.29) is 22.1 Å². The number of amides is 1. The largest absolute Gasteiger partial charge is 0.493 e. The minimum atomic E-state index is -0.510. The minimum Gasteiger partial charge on any atom is -0.493 e.